The van der Waals surface area contributed by atoms with E-state index in [9.17, 15) is 4.79 Å². The summed E-state index contributed by atoms with van der Waals surface area (Å²) in [6.45, 7) is 9.64. The number of anilines is 2. The highest BCUT2D eigenvalue weighted by molar-refractivity contribution is 8.01. The molecule has 0 bridgehead atoms. The van der Waals surface area contributed by atoms with Gasteiger partial charge in [-0.1, -0.05) is 44.7 Å². The first-order valence-corrected chi connectivity index (χ1v) is 11.1. The van der Waals surface area contributed by atoms with E-state index in [0.717, 1.165) is 53.5 Å². The number of hydrogen-bond acceptors (Lipinski definition) is 6. The van der Waals surface area contributed by atoms with Crippen molar-refractivity contribution in [1.29, 1.82) is 0 Å². The minimum atomic E-state index is 0.0378. The van der Waals surface area contributed by atoms with E-state index in [4.69, 9.17) is 4.74 Å². The number of nitrogens with zero attached hydrogens (tertiary/aromatic N) is 2. The number of thiazole rings is 1. The van der Waals surface area contributed by atoms with Crippen molar-refractivity contribution in [2.45, 2.75) is 36.9 Å². The third kappa shape index (κ3) is 5.70. The number of ether oxygens (including phenoxy) is 1. The van der Waals surface area contributed by atoms with Crippen LogP contribution < -0.4 is 10.2 Å². The highest BCUT2D eigenvalue weighted by Gasteiger charge is 2.18. The van der Waals surface area contributed by atoms with Crippen molar-refractivity contribution in [3.05, 3.63) is 35.3 Å². The lowest BCUT2D eigenvalue weighted by molar-refractivity contribution is -0.115. The normalized spacial score (nSPS) is 15.0. The van der Waals surface area contributed by atoms with Gasteiger partial charge in [0, 0.05) is 36.1 Å². The smallest absolute Gasteiger partial charge is 0.225 e. The number of morpholine rings is 1. The molecular formula is C20H27N3O2S2. The number of carbonyl (C=O) groups excluding carboxylic acids is 1. The first kappa shape index (κ1) is 20.2. The molecule has 0 radical (unpaired) electrons. The van der Waals surface area contributed by atoms with Crippen molar-refractivity contribution in [3.8, 4) is 0 Å². The van der Waals surface area contributed by atoms with Gasteiger partial charge in [-0.05, 0) is 12.1 Å². The number of rotatable bonds is 6. The summed E-state index contributed by atoms with van der Waals surface area (Å²) < 4.78 is 6.45. The molecule has 2 heterocycles. The quantitative estimate of drug-likeness (QED) is 0.722. The van der Waals surface area contributed by atoms with Crippen LogP contribution in [0.15, 0.2) is 34.0 Å². The highest BCUT2D eigenvalue weighted by atomic mass is 32.2. The Morgan fingerprint density at radius 2 is 2.04 bits per heavy atom. The van der Waals surface area contributed by atoms with Crippen molar-refractivity contribution in [1.82, 2.24) is 4.98 Å². The third-order valence-corrected chi connectivity index (χ3v) is 6.36. The summed E-state index contributed by atoms with van der Waals surface area (Å²) in [6, 6.07) is 7.98. The molecule has 0 spiro atoms. The van der Waals surface area contributed by atoms with E-state index in [1.54, 1.807) is 23.1 Å². The van der Waals surface area contributed by atoms with Gasteiger partial charge in [-0.15, -0.1) is 11.3 Å². The minimum Gasteiger partial charge on any atom is -0.378 e. The van der Waals surface area contributed by atoms with Crippen molar-refractivity contribution in [3.63, 3.8) is 0 Å². The zero-order chi connectivity index (χ0) is 19.3. The topological polar surface area (TPSA) is 54.5 Å². The summed E-state index contributed by atoms with van der Waals surface area (Å²) in [4.78, 5) is 19.3. The van der Waals surface area contributed by atoms with Gasteiger partial charge in [-0.3, -0.25) is 4.79 Å². The van der Waals surface area contributed by atoms with E-state index in [1.807, 2.05) is 18.2 Å². The van der Waals surface area contributed by atoms with Gasteiger partial charge in [-0.2, -0.15) is 0 Å². The van der Waals surface area contributed by atoms with Crippen LogP contribution in [0.25, 0.3) is 0 Å². The molecule has 1 N–H and O–H groups in total. The fourth-order valence-corrected chi connectivity index (χ4v) is 4.83. The molecule has 0 aliphatic carbocycles. The zero-order valence-electron chi connectivity index (χ0n) is 16.2. The molecule has 146 valence electrons. The van der Waals surface area contributed by atoms with Crippen LogP contribution in [-0.4, -0.2) is 42.9 Å². The van der Waals surface area contributed by atoms with Crippen LogP contribution in [0.1, 0.15) is 32.9 Å². The molecule has 5 nitrogen and oxygen atoms in total. The van der Waals surface area contributed by atoms with Crippen LogP contribution in [0, 0.1) is 0 Å². The molecule has 1 saturated heterocycles. The predicted molar refractivity (Wildman–Crippen MR) is 114 cm³/mol. The SMILES string of the molecule is CC(C)(C)c1csc(SCCC(=O)Nc2ccccc2N2CCOCC2)n1. The number of benzene rings is 1. The average Bonchev–Trinajstić information content (AvgIpc) is 3.12. The Morgan fingerprint density at radius 1 is 1.30 bits per heavy atom. The van der Waals surface area contributed by atoms with Crippen molar-refractivity contribution in [2.24, 2.45) is 0 Å². The van der Waals surface area contributed by atoms with E-state index >= 15 is 0 Å². The van der Waals surface area contributed by atoms with Crippen LogP contribution in [-0.2, 0) is 14.9 Å². The second kappa shape index (κ2) is 9.08. The first-order valence-electron chi connectivity index (χ1n) is 9.24. The van der Waals surface area contributed by atoms with Crippen molar-refractivity contribution >= 4 is 40.4 Å². The lowest BCUT2D eigenvalue weighted by Crippen LogP contribution is -2.36. The molecule has 3 rings (SSSR count). The van der Waals surface area contributed by atoms with Crippen molar-refractivity contribution < 1.29 is 9.53 Å². The van der Waals surface area contributed by atoms with E-state index in [1.165, 1.54) is 0 Å². The number of amides is 1. The molecule has 1 amide bonds. The molecule has 1 aromatic heterocycles. The second-order valence-electron chi connectivity index (χ2n) is 7.51. The monoisotopic (exact) mass is 405 g/mol. The fourth-order valence-electron chi connectivity index (χ4n) is 2.77. The number of hydrogen-bond donors (Lipinski definition) is 1. The summed E-state index contributed by atoms with van der Waals surface area (Å²) in [7, 11) is 0. The molecule has 1 aliphatic heterocycles. The van der Waals surface area contributed by atoms with Gasteiger partial charge in [0.15, 0.2) is 0 Å². The molecule has 1 aliphatic rings. The number of carbonyl (C=O) groups is 1. The van der Waals surface area contributed by atoms with Gasteiger partial charge < -0.3 is 15.0 Å². The zero-order valence-corrected chi connectivity index (χ0v) is 17.8. The molecule has 0 unspecified atom stereocenters. The van der Waals surface area contributed by atoms with Gasteiger partial charge in [-0.25, -0.2) is 4.98 Å². The number of aromatic nitrogens is 1. The summed E-state index contributed by atoms with van der Waals surface area (Å²) in [5.74, 6) is 0.763. The maximum Gasteiger partial charge on any atom is 0.225 e. The first-order chi connectivity index (χ1) is 12.9. The van der Waals surface area contributed by atoms with E-state index in [2.05, 4.69) is 47.4 Å². The Morgan fingerprint density at radius 3 is 2.74 bits per heavy atom. The van der Waals surface area contributed by atoms with Crippen LogP contribution in [0.3, 0.4) is 0 Å². The van der Waals surface area contributed by atoms with Gasteiger partial charge in [0.05, 0.1) is 30.3 Å². The molecule has 7 heteroatoms. The second-order valence-corrected chi connectivity index (χ2v) is 9.71. The Hall–Kier alpha value is -1.57. The van der Waals surface area contributed by atoms with E-state index < -0.39 is 0 Å². The predicted octanol–water partition coefficient (Wildman–Crippen LogP) is 4.40. The molecule has 0 saturated carbocycles. The summed E-state index contributed by atoms with van der Waals surface area (Å²) >= 11 is 3.30. The van der Waals surface area contributed by atoms with E-state index in [0.29, 0.717) is 6.42 Å². The number of para-hydroxylation sites is 2. The summed E-state index contributed by atoms with van der Waals surface area (Å²) in [6.07, 6.45) is 0.465. The Labute approximate surface area is 169 Å². The van der Waals surface area contributed by atoms with Gasteiger partial charge in [0.1, 0.15) is 4.34 Å². The lowest BCUT2D eigenvalue weighted by atomic mass is 9.93. The van der Waals surface area contributed by atoms with Gasteiger partial charge >= 0.3 is 0 Å². The number of nitrogens with one attached hydrogen (secondary N) is 1. The Kier molecular flexibility index (Phi) is 6.78. The third-order valence-electron chi connectivity index (χ3n) is 4.34. The molecule has 1 fully saturated rings. The van der Waals surface area contributed by atoms with Gasteiger partial charge in [0.25, 0.3) is 0 Å². The standard InChI is InChI=1S/C20H27N3O2S2/c1-20(2,3)17-14-27-19(22-17)26-13-8-18(24)21-15-6-4-5-7-16(15)23-9-11-25-12-10-23/h4-7,14H,8-13H2,1-3H3,(H,21,24). The van der Waals surface area contributed by atoms with Crippen LogP contribution in [0.4, 0.5) is 11.4 Å². The van der Waals surface area contributed by atoms with Gasteiger partial charge in [0.2, 0.25) is 5.91 Å². The molecular weight excluding hydrogens is 378 g/mol. The number of thioether (sulfide) groups is 1. The average molecular weight is 406 g/mol. The largest absolute Gasteiger partial charge is 0.378 e. The maximum atomic E-state index is 12.4. The molecule has 0 atom stereocenters. The lowest BCUT2D eigenvalue weighted by Gasteiger charge is -2.30. The molecule has 1 aromatic carbocycles. The summed E-state index contributed by atoms with van der Waals surface area (Å²) in [5.41, 5.74) is 3.12. The van der Waals surface area contributed by atoms with E-state index in [-0.39, 0.29) is 11.3 Å². The fraction of sp³-hybridized carbons (Fsp3) is 0.500. The minimum absolute atomic E-state index is 0.0378. The van der Waals surface area contributed by atoms with Crippen molar-refractivity contribution in [2.75, 3.05) is 42.3 Å². The van der Waals surface area contributed by atoms with Crippen LogP contribution in [0.2, 0.25) is 0 Å². The van der Waals surface area contributed by atoms with Crippen LogP contribution in [0.5, 0.6) is 0 Å². The Bertz CT molecular complexity index is 765. The summed E-state index contributed by atoms with van der Waals surface area (Å²) in [5, 5.41) is 5.18. The molecule has 27 heavy (non-hydrogen) atoms. The maximum absolute atomic E-state index is 12.4. The highest BCUT2D eigenvalue weighted by Crippen LogP contribution is 2.30. The molecule has 2 aromatic rings. The Balaban J connectivity index is 1.52. The van der Waals surface area contributed by atoms with Crippen LogP contribution >= 0.6 is 23.1 Å².